The van der Waals surface area contributed by atoms with Crippen LogP contribution in [0.3, 0.4) is 0 Å². The van der Waals surface area contributed by atoms with Crippen LogP contribution in [0.15, 0.2) is 52.4 Å². The number of halogens is 2. The zero-order valence-corrected chi connectivity index (χ0v) is 17.7. The predicted molar refractivity (Wildman–Crippen MR) is 119 cm³/mol. The zero-order chi connectivity index (χ0) is 21.3. The Labute approximate surface area is 183 Å². The van der Waals surface area contributed by atoms with Crippen molar-refractivity contribution in [3.05, 3.63) is 78.3 Å². The molecule has 0 aliphatic carbocycles. The first-order chi connectivity index (χ1) is 14.4. The molecule has 11 heteroatoms. The molecule has 0 saturated heterocycles. The molecule has 8 nitrogen and oxygen atoms in total. The first-order valence-electron chi connectivity index (χ1n) is 8.79. The molecule has 30 heavy (non-hydrogen) atoms. The van der Waals surface area contributed by atoms with Crippen LogP contribution in [0.1, 0.15) is 5.69 Å². The Morgan fingerprint density at radius 2 is 1.97 bits per heavy atom. The van der Waals surface area contributed by atoms with Crippen molar-refractivity contribution in [3.8, 4) is 0 Å². The van der Waals surface area contributed by atoms with Gasteiger partial charge in [-0.05, 0) is 48.0 Å². The summed E-state index contributed by atoms with van der Waals surface area (Å²) in [5, 5.41) is 5.52. The Hall–Kier alpha value is -2.97. The number of hydrogen-bond donors (Lipinski definition) is 1. The fraction of sp³-hybridized carbons (Fsp3) is 0.158. The van der Waals surface area contributed by atoms with Gasteiger partial charge in [0, 0.05) is 31.6 Å². The number of hydrogen-bond acceptors (Lipinski definition) is 4. The van der Waals surface area contributed by atoms with Gasteiger partial charge in [0.15, 0.2) is 0 Å². The van der Waals surface area contributed by atoms with Crippen LogP contribution >= 0.6 is 34.5 Å². The quantitative estimate of drug-likeness (QED) is 0.244. The molecule has 0 aliphatic heterocycles. The third-order valence-corrected chi connectivity index (χ3v) is 6.00. The molecule has 0 unspecified atom stereocenters. The molecule has 2 aromatic carbocycles. The van der Waals surface area contributed by atoms with Gasteiger partial charge < -0.3 is 9.88 Å². The van der Waals surface area contributed by atoms with Gasteiger partial charge >= 0.3 is 4.87 Å². The molecule has 0 bridgehead atoms. The number of aromatic nitrogens is 2. The number of fused-ring (bicyclic) bond motifs is 2. The van der Waals surface area contributed by atoms with Crippen LogP contribution in [0, 0.1) is 0 Å². The maximum Gasteiger partial charge on any atom is 0.308 e. The van der Waals surface area contributed by atoms with Crippen molar-refractivity contribution in [3.63, 3.8) is 0 Å². The van der Waals surface area contributed by atoms with Gasteiger partial charge in [0.1, 0.15) is 6.54 Å². The van der Waals surface area contributed by atoms with E-state index in [9.17, 15) is 9.59 Å². The first-order valence-corrected chi connectivity index (χ1v) is 10.4. The minimum absolute atomic E-state index is 0.164. The van der Waals surface area contributed by atoms with Crippen LogP contribution in [0.5, 0.6) is 0 Å². The van der Waals surface area contributed by atoms with Crippen LogP contribution in [0.2, 0.25) is 10.0 Å². The first kappa shape index (κ1) is 20.3. The number of azide groups is 1. The Balaban J connectivity index is 1.62. The van der Waals surface area contributed by atoms with Crippen LogP contribution < -0.4 is 4.87 Å². The third-order valence-electron chi connectivity index (χ3n) is 4.57. The molecule has 4 aromatic rings. The summed E-state index contributed by atoms with van der Waals surface area (Å²) in [7, 11) is 0. The van der Waals surface area contributed by atoms with Gasteiger partial charge in [-0.3, -0.25) is 14.2 Å². The second-order valence-corrected chi connectivity index (χ2v) is 8.42. The van der Waals surface area contributed by atoms with E-state index in [2.05, 4.69) is 15.0 Å². The van der Waals surface area contributed by atoms with Gasteiger partial charge in [-0.15, -0.1) is 0 Å². The van der Waals surface area contributed by atoms with Crippen molar-refractivity contribution >= 4 is 61.6 Å². The lowest BCUT2D eigenvalue weighted by Crippen LogP contribution is -2.35. The molecule has 0 aliphatic rings. The van der Waals surface area contributed by atoms with Crippen LogP contribution in [0.25, 0.3) is 31.6 Å². The number of aromatic amines is 1. The zero-order valence-electron chi connectivity index (χ0n) is 15.4. The molecular weight excluding hydrogens is 447 g/mol. The molecule has 4 rings (SSSR count). The lowest BCUT2D eigenvalue weighted by molar-refractivity contribution is -0.132. The highest BCUT2D eigenvalue weighted by Gasteiger charge is 2.18. The van der Waals surface area contributed by atoms with Crippen LogP contribution in [-0.4, -0.2) is 27.0 Å². The summed E-state index contributed by atoms with van der Waals surface area (Å²) >= 11 is 13.1. The summed E-state index contributed by atoms with van der Waals surface area (Å²) in [5.41, 5.74) is 10.9. The molecule has 0 radical (unpaired) electrons. The summed E-state index contributed by atoms with van der Waals surface area (Å²) in [6.07, 6.45) is 0. The average molecular weight is 461 g/mol. The molecule has 0 fully saturated rings. The largest absolute Gasteiger partial charge is 0.357 e. The average Bonchev–Trinajstić information content (AvgIpc) is 3.24. The maximum atomic E-state index is 13.0. The van der Waals surface area contributed by atoms with Crippen molar-refractivity contribution in [2.24, 2.45) is 5.11 Å². The number of thiazole rings is 1. The van der Waals surface area contributed by atoms with Crippen molar-refractivity contribution in [1.82, 2.24) is 14.5 Å². The molecular formula is C19H14Cl2N6O2S. The number of nitrogens with zero attached hydrogens (tertiary/aromatic N) is 5. The molecule has 1 amide bonds. The highest BCUT2D eigenvalue weighted by molar-refractivity contribution is 7.16. The molecule has 0 spiro atoms. The van der Waals surface area contributed by atoms with Crippen LogP contribution in [0.4, 0.5) is 0 Å². The van der Waals surface area contributed by atoms with Crippen molar-refractivity contribution < 1.29 is 4.79 Å². The minimum atomic E-state index is -0.360. The summed E-state index contributed by atoms with van der Waals surface area (Å²) < 4.78 is 2.12. The maximum absolute atomic E-state index is 13.0. The van der Waals surface area contributed by atoms with Crippen molar-refractivity contribution in [2.45, 2.75) is 13.1 Å². The Kier molecular flexibility index (Phi) is 5.69. The third kappa shape index (κ3) is 4.15. The van der Waals surface area contributed by atoms with Gasteiger partial charge in [0.05, 0.1) is 23.4 Å². The lowest BCUT2D eigenvalue weighted by atomic mass is 10.2. The Bertz CT molecular complexity index is 1370. The van der Waals surface area contributed by atoms with Crippen molar-refractivity contribution in [1.29, 1.82) is 0 Å². The standard InChI is InChI=1S/C19H14Cl2N6O2S/c20-12-1-3-15-11(5-12)6-14(24-15)8-26(10-23-25-22)18(28)9-27-16-7-13(21)2-4-17(16)30-19(27)29/h1-7,24H,8-10H2. The fourth-order valence-electron chi connectivity index (χ4n) is 3.20. The van der Waals surface area contributed by atoms with E-state index in [1.165, 1.54) is 9.47 Å². The van der Waals surface area contributed by atoms with Gasteiger partial charge in [0.2, 0.25) is 5.91 Å². The number of H-pyrrole nitrogens is 1. The normalized spacial score (nSPS) is 11.0. The Morgan fingerprint density at radius 1 is 1.20 bits per heavy atom. The van der Waals surface area contributed by atoms with E-state index in [4.69, 9.17) is 28.7 Å². The van der Waals surface area contributed by atoms with Gasteiger partial charge in [-0.2, -0.15) is 0 Å². The van der Waals surface area contributed by atoms with E-state index in [-0.39, 0.29) is 30.5 Å². The summed E-state index contributed by atoms with van der Waals surface area (Å²) in [6, 6.07) is 12.4. The second kappa shape index (κ2) is 8.41. The summed E-state index contributed by atoms with van der Waals surface area (Å²) in [6.45, 7) is -0.170. The lowest BCUT2D eigenvalue weighted by Gasteiger charge is -2.20. The van der Waals surface area contributed by atoms with E-state index in [0.717, 1.165) is 32.6 Å². The second-order valence-electron chi connectivity index (χ2n) is 6.56. The fourth-order valence-corrected chi connectivity index (χ4v) is 4.41. The molecule has 0 saturated carbocycles. The van der Waals surface area contributed by atoms with Crippen LogP contribution in [-0.2, 0) is 17.9 Å². The highest BCUT2D eigenvalue weighted by Crippen LogP contribution is 2.23. The van der Waals surface area contributed by atoms with E-state index < -0.39 is 0 Å². The monoisotopic (exact) mass is 460 g/mol. The summed E-state index contributed by atoms with van der Waals surface area (Å²) in [4.78, 5) is 32.5. The Morgan fingerprint density at radius 3 is 2.77 bits per heavy atom. The van der Waals surface area contributed by atoms with E-state index in [1.807, 2.05) is 18.2 Å². The highest BCUT2D eigenvalue weighted by atomic mass is 35.5. The number of carbonyl (C=O) groups excluding carboxylic acids is 1. The minimum Gasteiger partial charge on any atom is -0.357 e. The molecule has 152 valence electrons. The van der Waals surface area contributed by atoms with E-state index >= 15 is 0 Å². The van der Waals surface area contributed by atoms with Gasteiger partial charge in [-0.1, -0.05) is 39.7 Å². The molecule has 2 heterocycles. The topological polar surface area (TPSA) is 107 Å². The molecule has 0 atom stereocenters. The number of carbonyl (C=O) groups is 1. The van der Waals surface area contributed by atoms with Crippen molar-refractivity contribution in [2.75, 3.05) is 6.67 Å². The van der Waals surface area contributed by atoms with E-state index in [0.29, 0.717) is 15.6 Å². The molecule has 2 aromatic heterocycles. The number of rotatable bonds is 6. The van der Waals surface area contributed by atoms with Gasteiger partial charge in [0.25, 0.3) is 0 Å². The van der Waals surface area contributed by atoms with Gasteiger partial charge in [-0.25, -0.2) is 0 Å². The number of benzene rings is 2. The number of amides is 1. The number of nitrogens with one attached hydrogen (secondary N) is 1. The molecule has 1 N–H and O–H groups in total. The summed E-state index contributed by atoms with van der Waals surface area (Å²) in [5.74, 6) is -0.360. The predicted octanol–water partition coefficient (Wildman–Crippen LogP) is 5.15. The SMILES string of the molecule is [N-]=[N+]=NCN(Cc1cc2cc(Cl)ccc2[nH]1)C(=O)Cn1c(=O)sc2ccc(Cl)cc21. The van der Waals surface area contributed by atoms with E-state index in [1.54, 1.807) is 24.3 Å². The smallest absolute Gasteiger partial charge is 0.308 e.